The molecule has 0 aromatic carbocycles. The summed E-state index contributed by atoms with van der Waals surface area (Å²) in [5.74, 6) is -0.627. The van der Waals surface area contributed by atoms with Crippen LogP contribution in [-0.2, 0) is 4.79 Å². The van der Waals surface area contributed by atoms with E-state index in [4.69, 9.17) is 10.8 Å². The van der Waals surface area contributed by atoms with Crippen LogP contribution in [0, 0.1) is 5.92 Å². The van der Waals surface area contributed by atoms with E-state index >= 15 is 0 Å². The molecule has 1 saturated carbocycles. The minimum Gasteiger partial charge on any atom is -0.480 e. The van der Waals surface area contributed by atoms with Crippen molar-refractivity contribution in [3.63, 3.8) is 0 Å². The SMILES string of the molecule is Cl.N[C@H](C(=O)O)C1CCCCC1. The minimum atomic E-state index is -0.850. The molecule has 3 nitrogen and oxygen atoms in total. The van der Waals surface area contributed by atoms with Crippen molar-refractivity contribution in [2.45, 2.75) is 38.1 Å². The van der Waals surface area contributed by atoms with Crippen molar-refractivity contribution in [3.8, 4) is 0 Å². The molecule has 0 aliphatic heterocycles. The maximum atomic E-state index is 10.5. The third kappa shape index (κ3) is 2.99. The molecule has 1 aliphatic carbocycles. The molecule has 72 valence electrons. The molecule has 3 N–H and O–H groups in total. The van der Waals surface area contributed by atoms with Crippen LogP contribution in [0.15, 0.2) is 0 Å². The van der Waals surface area contributed by atoms with Gasteiger partial charge in [0.1, 0.15) is 6.04 Å². The van der Waals surface area contributed by atoms with Crippen LogP contribution in [0.5, 0.6) is 0 Å². The Balaban J connectivity index is 0.00000121. The van der Waals surface area contributed by atoms with Gasteiger partial charge in [0.05, 0.1) is 0 Å². The molecule has 12 heavy (non-hydrogen) atoms. The Morgan fingerprint density at radius 1 is 1.33 bits per heavy atom. The van der Waals surface area contributed by atoms with Crippen LogP contribution >= 0.6 is 12.4 Å². The van der Waals surface area contributed by atoms with Crippen LogP contribution in [0.3, 0.4) is 0 Å². The predicted octanol–water partition coefficient (Wildman–Crippen LogP) is 1.40. The molecule has 0 heterocycles. The predicted molar refractivity (Wildman–Crippen MR) is 49.4 cm³/mol. The van der Waals surface area contributed by atoms with Crippen molar-refractivity contribution in [1.82, 2.24) is 0 Å². The summed E-state index contributed by atoms with van der Waals surface area (Å²) in [6.07, 6.45) is 5.51. The van der Waals surface area contributed by atoms with Gasteiger partial charge in [-0.2, -0.15) is 0 Å². The molecule has 1 rings (SSSR count). The Morgan fingerprint density at radius 2 is 1.83 bits per heavy atom. The first-order valence-corrected chi connectivity index (χ1v) is 4.20. The number of hydrogen-bond acceptors (Lipinski definition) is 2. The van der Waals surface area contributed by atoms with Gasteiger partial charge in [-0.15, -0.1) is 12.4 Å². The molecule has 1 aliphatic rings. The summed E-state index contributed by atoms with van der Waals surface area (Å²) in [6.45, 7) is 0. The molecule has 0 amide bonds. The highest BCUT2D eigenvalue weighted by atomic mass is 35.5. The van der Waals surface area contributed by atoms with Gasteiger partial charge < -0.3 is 10.8 Å². The molecule has 0 radical (unpaired) electrons. The fourth-order valence-corrected chi connectivity index (χ4v) is 1.69. The highest BCUT2D eigenvalue weighted by Crippen LogP contribution is 2.25. The number of carbonyl (C=O) groups is 1. The van der Waals surface area contributed by atoms with Crippen molar-refractivity contribution in [2.24, 2.45) is 11.7 Å². The molecule has 0 saturated heterocycles. The molecule has 1 fully saturated rings. The van der Waals surface area contributed by atoms with E-state index in [2.05, 4.69) is 0 Å². The lowest BCUT2D eigenvalue weighted by molar-refractivity contribution is -0.140. The van der Waals surface area contributed by atoms with Crippen LogP contribution in [0.1, 0.15) is 32.1 Å². The summed E-state index contributed by atoms with van der Waals surface area (Å²) in [4.78, 5) is 10.5. The molecule has 0 aromatic rings. The zero-order valence-electron chi connectivity index (χ0n) is 7.03. The average Bonchev–Trinajstić information content (AvgIpc) is 2.05. The summed E-state index contributed by atoms with van der Waals surface area (Å²) in [6, 6.07) is -0.629. The minimum absolute atomic E-state index is 0. The Bertz CT molecular complexity index is 146. The van der Waals surface area contributed by atoms with Crippen molar-refractivity contribution in [3.05, 3.63) is 0 Å². The second-order valence-corrected chi connectivity index (χ2v) is 3.26. The van der Waals surface area contributed by atoms with Crippen LogP contribution in [0.25, 0.3) is 0 Å². The first kappa shape index (κ1) is 11.7. The quantitative estimate of drug-likeness (QED) is 0.697. The first-order chi connectivity index (χ1) is 5.22. The zero-order valence-corrected chi connectivity index (χ0v) is 7.85. The lowest BCUT2D eigenvalue weighted by atomic mass is 9.84. The zero-order chi connectivity index (χ0) is 8.27. The topological polar surface area (TPSA) is 63.3 Å². The molecular weight excluding hydrogens is 178 g/mol. The molecule has 1 atom stereocenters. The Morgan fingerprint density at radius 3 is 2.25 bits per heavy atom. The lowest BCUT2D eigenvalue weighted by Crippen LogP contribution is -2.38. The van der Waals surface area contributed by atoms with Crippen LogP contribution < -0.4 is 5.73 Å². The van der Waals surface area contributed by atoms with E-state index in [0.29, 0.717) is 0 Å². The van der Waals surface area contributed by atoms with Crippen LogP contribution in [0.2, 0.25) is 0 Å². The summed E-state index contributed by atoms with van der Waals surface area (Å²) >= 11 is 0. The van der Waals surface area contributed by atoms with E-state index < -0.39 is 12.0 Å². The maximum Gasteiger partial charge on any atom is 0.320 e. The molecule has 0 spiro atoms. The van der Waals surface area contributed by atoms with Gasteiger partial charge in [0, 0.05) is 0 Å². The van der Waals surface area contributed by atoms with E-state index in [0.717, 1.165) is 25.7 Å². The normalized spacial score (nSPS) is 21.1. The molecule has 4 heteroatoms. The van der Waals surface area contributed by atoms with Gasteiger partial charge in [0.2, 0.25) is 0 Å². The van der Waals surface area contributed by atoms with Gasteiger partial charge in [-0.05, 0) is 18.8 Å². The third-order valence-electron chi connectivity index (χ3n) is 2.44. The highest BCUT2D eigenvalue weighted by Gasteiger charge is 2.25. The Labute approximate surface area is 78.7 Å². The number of nitrogens with two attached hydrogens (primary N) is 1. The summed E-state index contributed by atoms with van der Waals surface area (Å²) in [7, 11) is 0. The standard InChI is InChI=1S/C8H15NO2.ClH/c9-7(8(10)11)6-4-2-1-3-5-6;/h6-7H,1-5,9H2,(H,10,11);1H/t7-;/m0./s1. The average molecular weight is 194 g/mol. The van der Waals surface area contributed by atoms with E-state index in [1.165, 1.54) is 6.42 Å². The van der Waals surface area contributed by atoms with Crippen molar-refractivity contribution in [1.29, 1.82) is 0 Å². The number of rotatable bonds is 2. The maximum absolute atomic E-state index is 10.5. The first-order valence-electron chi connectivity index (χ1n) is 4.20. The lowest BCUT2D eigenvalue weighted by Gasteiger charge is -2.24. The van der Waals surface area contributed by atoms with Crippen molar-refractivity contribution in [2.75, 3.05) is 0 Å². The molecule has 0 bridgehead atoms. The van der Waals surface area contributed by atoms with Gasteiger partial charge in [0.15, 0.2) is 0 Å². The van der Waals surface area contributed by atoms with E-state index in [1.54, 1.807) is 0 Å². The number of aliphatic carboxylic acids is 1. The molecule has 0 aromatic heterocycles. The summed E-state index contributed by atoms with van der Waals surface area (Å²) in [5, 5.41) is 8.61. The van der Waals surface area contributed by atoms with Crippen molar-refractivity contribution >= 4 is 18.4 Å². The van der Waals surface area contributed by atoms with E-state index in [9.17, 15) is 4.79 Å². The highest BCUT2D eigenvalue weighted by molar-refractivity contribution is 5.85. The number of halogens is 1. The van der Waals surface area contributed by atoms with Gasteiger partial charge in [-0.1, -0.05) is 19.3 Å². The van der Waals surface area contributed by atoms with Gasteiger partial charge in [-0.25, -0.2) is 0 Å². The smallest absolute Gasteiger partial charge is 0.320 e. The second-order valence-electron chi connectivity index (χ2n) is 3.26. The fraction of sp³-hybridized carbons (Fsp3) is 0.875. The second kappa shape index (κ2) is 5.38. The summed E-state index contributed by atoms with van der Waals surface area (Å²) < 4.78 is 0. The van der Waals surface area contributed by atoms with Gasteiger partial charge >= 0.3 is 5.97 Å². The number of carboxylic acids is 1. The molecular formula is C8H16ClNO2. The monoisotopic (exact) mass is 193 g/mol. The molecule has 0 unspecified atom stereocenters. The summed E-state index contributed by atoms with van der Waals surface area (Å²) in [5.41, 5.74) is 5.49. The van der Waals surface area contributed by atoms with Gasteiger partial charge in [0.25, 0.3) is 0 Å². The van der Waals surface area contributed by atoms with E-state index in [-0.39, 0.29) is 18.3 Å². The Hall–Kier alpha value is -0.280. The fourth-order valence-electron chi connectivity index (χ4n) is 1.69. The largest absolute Gasteiger partial charge is 0.480 e. The van der Waals surface area contributed by atoms with Crippen LogP contribution in [0.4, 0.5) is 0 Å². The van der Waals surface area contributed by atoms with Gasteiger partial charge in [-0.3, -0.25) is 4.79 Å². The Kier molecular flexibility index (Phi) is 5.25. The van der Waals surface area contributed by atoms with E-state index in [1.807, 2.05) is 0 Å². The number of hydrogen-bond donors (Lipinski definition) is 2. The third-order valence-corrected chi connectivity index (χ3v) is 2.44. The van der Waals surface area contributed by atoms with Crippen molar-refractivity contribution < 1.29 is 9.90 Å². The van der Waals surface area contributed by atoms with Crippen LogP contribution in [-0.4, -0.2) is 17.1 Å². The number of carboxylic acid groups (broad SMARTS) is 1.